The summed E-state index contributed by atoms with van der Waals surface area (Å²) < 4.78 is 11.4. The van der Waals surface area contributed by atoms with Gasteiger partial charge in [-0.3, -0.25) is 0 Å². The largest absolute Gasteiger partial charge is 0.486 e. The van der Waals surface area contributed by atoms with Crippen molar-refractivity contribution in [2.75, 3.05) is 6.54 Å². The second-order valence-electron chi connectivity index (χ2n) is 4.43. The van der Waals surface area contributed by atoms with Gasteiger partial charge in [-0.15, -0.1) is 0 Å². The van der Waals surface area contributed by atoms with Crippen LogP contribution in [-0.4, -0.2) is 6.54 Å². The Hall–Kier alpha value is -1.74. The fraction of sp³-hybridized carbons (Fsp3) is 0.375. The Morgan fingerprint density at radius 1 is 1.00 bits per heavy atom. The maximum absolute atomic E-state index is 5.70. The van der Waals surface area contributed by atoms with Crippen molar-refractivity contribution in [2.24, 2.45) is 0 Å². The zero-order chi connectivity index (χ0) is 13.5. The molecule has 1 heterocycles. The molecule has 0 aliphatic rings. The molecular weight excluding hydrogens is 238 g/mol. The molecule has 102 valence electrons. The average Bonchev–Trinajstić information content (AvgIpc) is 2.91. The first-order chi connectivity index (χ1) is 9.31. The first kappa shape index (κ1) is 13.7. The molecule has 2 aromatic rings. The van der Waals surface area contributed by atoms with E-state index in [2.05, 4.69) is 31.3 Å². The van der Waals surface area contributed by atoms with Gasteiger partial charge in [0.1, 0.15) is 23.9 Å². The zero-order valence-corrected chi connectivity index (χ0v) is 11.6. The summed E-state index contributed by atoms with van der Waals surface area (Å²) in [6.07, 6.45) is 1.05. The van der Waals surface area contributed by atoms with Crippen LogP contribution in [0, 0.1) is 0 Å². The Kier molecular flexibility index (Phi) is 5.04. The normalized spacial score (nSPS) is 10.6. The third kappa shape index (κ3) is 4.14. The van der Waals surface area contributed by atoms with Gasteiger partial charge >= 0.3 is 0 Å². The summed E-state index contributed by atoms with van der Waals surface area (Å²) in [4.78, 5) is 0. The molecule has 0 aliphatic carbocycles. The van der Waals surface area contributed by atoms with Gasteiger partial charge in [0.25, 0.3) is 0 Å². The fourth-order valence-electron chi connectivity index (χ4n) is 1.82. The highest BCUT2D eigenvalue weighted by Crippen LogP contribution is 2.15. The van der Waals surface area contributed by atoms with Crippen LogP contribution in [0.15, 0.2) is 40.8 Å². The van der Waals surface area contributed by atoms with Gasteiger partial charge in [-0.05, 0) is 42.8 Å². The number of nitrogens with one attached hydrogen (secondary N) is 1. The molecule has 0 aliphatic heterocycles. The van der Waals surface area contributed by atoms with Crippen molar-refractivity contribution in [2.45, 2.75) is 33.4 Å². The number of furan rings is 1. The summed E-state index contributed by atoms with van der Waals surface area (Å²) in [5.74, 6) is 2.68. The van der Waals surface area contributed by atoms with Crippen LogP contribution in [0.25, 0.3) is 0 Å². The Morgan fingerprint density at radius 3 is 2.42 bits per heavy atom. The number of ether oxygens (including phenoxy) is 1. The molecule has 0 fully saturated rings. The van der Waals surface area contributed by atoms with E-state index in [-0.39, 0.29) is 0 Å². The molecule has 19 heavy (non-hydrogen) atoms. The van der Waals surface area contributed by atoms with Gasteiger partial charge in [-0.1, -0.05) is 26.0 Å². The van der Waals surface area contributed by atoms with E-state index < -0.39 is 0 Å². The van der Waals surface area contributed by atoms with Crippen molar-refractivity contribution < 1.29 is 9.15 Å². The second-order valence-corrected chi connectivity index (χ2v) is 4.43. The van der Waals surface area contributed by atoms with E-state index in [0.29, 0.717) is 6.61 Å². The fourth-order valence-corrected chi connectivity index (χ4v) is 1.82. The Bertz CT molecular complexity index is 488. The lowest BCUT2D eigenvalue weighted by molar-refractivity contribution is 0.265. The summed E-state index contributed by atoms with van der Waals surface area (Å²) in [5.41, 5.74) is 1.32. The van der Waals surface area contributed by atoms with Gasteiger partial charge in [0.05, 0.1) is 6.54 Å². The molecule has 0 bridgehead atoms. The summed E-state index contributed by atoms with van der Waals surface area (Å²) >= 11 is 0. The van der Waals surface area contributed by atoms with Crippen molar-refractivity contribution in [3.8, 4) is 5.75 Å². The zero-order valence-electron chi connectivity index (χ0n) is 11.6. The number of aryl methyl sites for hydroxylation is 1. The van der Waals surface area contributed by atoms with Gasteiger partial charge in [0.15, 0.2) is 0 Å². The summed E-state index contributed by atoms with van der Waals surface area (Å²) in [6, 6.07) is 12.1. The first-order valence-corrected chi connectivity index (χ1v) is 6.82. The number of hydrogen-bond donors (Lipinski definition) is 1. The molecule has 1 aromatic heterocycles. The molecule has 1 N–H and O–H groups in total. The molecule has 0 amide bonds. The Labute approximate surface area is 114 Å². The smallest absolute Gasteiger partial charge is 0.146 e. The summed E-state index contributed by atoms with van der Waals surface area (Å²) in [7, 11) is 0. The van der Waals surface area contributed by atoms with Gasteiger partial charge in [0, 0.05) is 0 Å². The van der Waals surface area contributed by atoms with Crippen molar-refractivity contribution in [3.05, 3.63) is 53.5 Å². The SMILES string of the molecule is CCNCc1ccc(COc2ccc(CC)cc2)o1. The maximum Gasteiger partial charge on any atom is 0.146 e. The highest BCUT2D eigenvalue weighted by molar-refractivity contribution is 5.27. The standard InChI is InChI=1S/C16H21NO2/c1-3-13-5-7-14(8-6-13)18-12-16-10-9-15(19-16)11-17-4-2/h5-10,17H,3-4,11-12H2,1-2H3. The van der Waals surface area contributed by atoms with Gasteiger partial charge in [-0.2, -0.15) is 0 Å². The molecule has 3 heteroatoms. The molecule has 2 rings (SSSR count). The molecule has 0 saturated heterocycles. The van der Waals surface area contributed by atoms with Crippen molar-refractivity contribution >= 4 is 0 Å². The van der Waals surface area contributed by atoms with Crippen molar-refractivity contribution in [1.29, 1.82) is 0 Å². The minimum Gasteiger partial charge on any atom is -0.486 e. The van der Waals surface area contributed by atoms with Crippen LogP contribution in [0.2, 0.25) is 0 Å². The van der Waals surface area contributed by atoms with E-state index in [0.717, 1.165) is 36.8 Å². The van der Waals surface area contributed by atoms with Crippen LogP contribution in [0.5, 0.6) is 5.75 Å². The van der Waals surface area contributed by atoms with E-state index in [1.165, 1.54) is 5.56 Å². The lowest BCUT2D eigenvalue weighted by atomic mass is 10.2. The molecule has 0 atom stereocenters. The average molecular weight is 259 g/mol. The molecule has 0 spiro atoms. The minimum atomic E-state index is 0.470. The molecule has 3 nitrogen and oxygen atoms in total. The second kappa shape index (κ2) is 7.00. The lowest BCUT2D eigenvalue weighted by Gasteiger charge is -2.05. The Morgan fingerprint density at radius 2 is 1.74 bits per heavy atom. The quantitative estimate of drug-likeness (QED) is 0.826. The lowest BCUT2D eigenvalue weighted by Crippen LogP contribution is -2.10. The molecule has 0 radical (unpaired) electrons. The third-order valence-corrected chi connectivity index (χ3v) is 2.98. The van der Waals surface area contributed by atoms with Gasteiger partial charge < -0.3 is 14.5 Å². The van der Waals surface area contributed by atoms with E-state index in [9.17, 15) is 0 Å². The van der Waals surface area contributed by atoms with Crippen LogP contribution in [0.1, 0.15) is 30.9 Å². The van der Waals surface area contributed by atoms with E-state index >= 15 is 0 Å². The van der Waals surface area contributed by atoms with Crippen molar-refractivity contribution in [3.63, 3.8) is 0 Å². The van der Waals surface area contributed by atoms with E-state index in [4.69, 9.17) is 9.15 Å². The number of rotatable bonds is 7. The van der Waals surface area contributed by atoms with E-state index in [1.807, 2.05) is 24.3 Å². The molecule has 1 aromatic carbocycles. The highest BCUT2D eigenvalue weighted by atomic mass is 16.5. The Balaban J connectivity index is 1.85. The third-order valence-electron chi connectivity index (χ3n) is 2.98. The summed E-state index contributed by atoms with van der Waals surface area (Å²) in [5, 5.41) is 3.23. The number of hydrogen-bond acceptors (Lipinski definition) is 3. The molecule has 0 saturated carbocycles. The number of benzene rings is 1. The van der Waals surface area contributed by atoms with Gasteiger partial charge in [-0.25, -0.2) is 0 Å². The first-order valence-electron chi connectivity index (χ1n) is 6.82. The van der Waals surface area contributed by atoms with Crippen LogP contribution in [0.4, 0.5) is 0 Å². The molecular formula is C16H21NO2. The van der Waals surface area contributed by atoms with Crippen LogP contribution in [-0.2, 0) is 19.6 Å². The van der Waals surface area contributed by atoms with E-state index in [1.54, 1.807) is 0 Å². The van der Waals surface area contributed by atoms with Gasteiger partial charge in [0.2, 0.25) is 0 Å². The molecule has 0 unspecified atom stereocenters. The minimum absolute atomic E-state index is 0.470. The van der Waals surface area contributed by atoms with Crippen LogP contribution < -0.4 is 10.1 Å². The monoisotopic (exact) mass is 259 g/mol. The maximum atomic E-state index is 5.70. The van der Waals surface area contributed by atoms with Crippen molar-refractivity contribution in [1.82, 2.24) is 5.32 Å². The van der Waals surface area contributed by atoms with Crippen LogP contribution >= 0.6 is 0 Å². The predicted molar refractivity (Wildman–Crippen MR) is 76.2 cm³/mol. The highest BCUT2D eigenvalue weighted by Gasteiger charge is 2.02. The van der Waals surface area contributed by atoms with Crippen LogP contribution in [0.3, 0.4) is 0 Å². The predicted octanol–water partition coefficient (Wildman–Crippen LogP) is 3.53. The summed E-state index contributed by atoms with van der Waals surface area (Å²) in [6.45, 7) is 6.40. The topological polar surface area (TPSA) is 34.4 Å².